The van der Waals surface area contributed by atoms with E-state index in [2.05, 4.69) is 17.3 Å². The maximum atomic E-state index is 10.2. The van der Waals surface area contributed by atoms with Crippen LogP contribution in [0, 0.1) is 17.8 Å². The summed E-state index contributed by atoms with van der Waals surface area (Å²) in [5.74, 6) is 2.25. The largest absolute Gasteiger partial charge is 0.393 e. The van der Waals surface area contributed by atoms with Crippen molar-refractivity contribution in [3.8, 4) is 0 Å². The lowest BCUT2D eigenvalue weighted by Gasteiger charge is -2.37. The van der Waals surface area contributed by atoms with Gasteiger partial charge in [0.15, 0.2) is 0 Å². The number of rotatable bonds is 6. The van der Waals surface area contributed by atoms with E-state index in [1.807, 2.05) is 0 Å². The molecule has 3 fully saturated rings. The maximum absolute atomic E-state index is 10.2. The van der Waals surface area contributed by atoms with Gasteiger partial charge in [0.25, 0.3) is 0 Å². The Morgan fingerprint density at radius 3 is 2.55 bits per heavy atom. The first-order valence-electron chi connectivity index (χ1n) is 8.80. The molecule has 3 aliphatic rings. The summed E-state index contributed by atoms with van der Waals surface area (Å²) in [7, 11) is 2.24. The summed E-state index contributed by atoms with van der Waals surface area (Å²) in [6, 6.07) is 0.644. The quantitative estimate of drug-likeness (QED) is 0.783. The third-order valence-electron chi connectivity index (χ3n) is 5.63. The van der Waals surface area contributed by atoms with Crippen LogP contribution in [0.1, 0.15) is 51.4 Å². The molecule has 2 aliphatic carbocycles. The van der Waals surface area contributed by atoms with Crippen LogP contribution < -0.4 is 5.32 Å². The minimum absolute atomic E-state index is 0.0259. The lowest BCUT2D eigenvalue weighted by Crippen LogP contribution is -2.49. The molecular formula is C17H32N2O. The van der Waals surface area contributed by atoms with Gasteiger partial charge in [0.05, 0.1) is 6.10 Å². The second-order valence-corrected chi connectivity index (χ2v) is 7.72. The average Bonchev–Trinajstić information content (AvgIpc) is 3.13. The molecule has 0 aromatic heterocycles. The Morgan fingerprint density at radius 1 is 1.10 bits per heavy atom. The molecule has 0 spiro atoms. The van der Waals surface area contributed by atoms with Crippen molar-refractivity contribution in [2.45, 2.75) is 63.5 Å². The summed E-state index contributed by atoms with van der Waals surface area (Å²) in [6.45, 7) is 3.57. The van der Waals surface area contributed by atoms with E-state index >= 15 is 0 Å². The summed E-state index contributed by atoms with van der Waals surface area (Å²) in [6.07, 6.45) is 10.5. The first-order chi connectivity index (χ1) is 9.70. The van der Waals surface area contributed by atoms with Gasteiger partial charge < -0.3 is 15.3 Å². The topological polar surface area (TPSA) is 35.5 Å². The van der Waals surface area contributed by atoms with Gasteiger partial charge in [-0.2, -0.15) is 0 Å². The average molecular weight is 280 g/mol. The van der Waals surface area contributed by atoms with E-state index in [0.29, 0.717) is 17.9 Å². The molecule has 3 rings (SSSR count). The second kappa shape index (κ2) is 6.76. The van der Waals surface area contributed by atoms with E-state index in [4.69, 9.17) is 0 Å². The number of likely N-dealkylation sites (N-methyl/N-ethyl adjacent to an activating group) is 1. The number of likely N-dealkylation sites (tertiary alicyclic amines) is 1. The minimum atomic E-state index is -0.0259. The molecule has 3 nitrogen and oxygen atoms in total. The fourth-order valence-electron chi connectivity index (χ4n) is 4.32. The van der Waals surface area contributed by atoms with Crippen molar-refractivity contribution >= 4 is 0 Å². The highest BCUT2D eigenvalue weighted by molar-refractivity contribution is 4.88. The molecular weight excluding hydrogens is 248 g/mol. The van der Waals surface area contributed by atoms with Crippen LogP contribution in [0.4, 0.5) is 0 Å². The predicted octanol–water partition coefficient (Wildman–Crippen LogP) is 2.25. The van der Waals surface area contributed by atoms with Crippen LogP contribution in [0.15, 0.2) is 0 Å². The molecule has 2 saturated carbocycles. The number of aliphatic hydroxyl groups excluding tert-OH is 1. The predicted molar refractivity (Wildman–Crippen MR) is 82.7 cm³/mol. The number of aliphatic hydroxyl groups is 1. The van der Waals surface area contributed by atoms with Crippen LogP contribution >= 0.6 is 0 Å². The zero-order chi connectivity index (χ0) is 13.9. The highest BCUT2D eigenvalue weighted by Gasteiger charge is 2.34. The highest BCUT2D eigenvalue weighted by atomic mass is 16.3. The Balaban J connectivity index is 1.42. The number of nitrogens with zero attached hydrogens (tertiary/aromatic N) is 1. The Labute approximate surface area is 124 Å². The maximum Gasteiger partial charge on any atom is 0.0571 e. The summed E-state index contributed by atoms with van der Waals surface area (Å²) in [5, 5.41) is 14.0. The van der Waals surface area contributed by atoms with Crippen molar-refractivity contribution < 1.29 is 5.11 Å². The van der Waals surface area contributed by atoms with Gasteiger partial charge in [-0.15, -0.1) is 0 Å². The zero-order valence-electron chi connectivity index (χ0n) is 13.1. The standard InChI is InChI=1S/C17H32N2O/c1-19-11-14(9-17(20)15-6-7-15)8-16(12-19)18-10-13-4-2-3-5-13/h13-18,20H,2-12H2,1H3. The molecule has 0 amide bonds. The van der Waals surface area contributed by atoms with E-state index < -0.39 is 0 Å². The van der Waals surface area contributed by atoms with Crippen molar-refractivity contribution in [1.82, 2.24) is 10.2 Å². The monoisotopic (exact) mass is 280 g/mol. The fraction of sp³-hybridized carbons (Fsp3) is 1.00. The molecule has 20 heavy (non-hydrogen) atoms. The van der Waals surface area contributed by atoms with Crippen LogP contribution in [0.5, 0.6) is 0 Å². The fourth-order valence-corrected chi connectivity index (χ4v) is 4.32. The molecule has 0 bridgehead atoms. The second-order valence-electron chi connectivity index (χ2n) is 7.72. The van der Waals surface area contributed by atoms with Gasteiger partial charge in [0.2, 0.25) is 0 Å². The summed E-state index contributed by atoms with van der Waals surface area (Å²) >= 11 is 0. The molecule has 0 aromatic rings. The number of hydrogen-bond acceptors (Lipinski definition) is 3. The van der Waals surface area contributed by atoms with Crippen LogP contribution in [-0.2, 0) is 0 Å². The molecule has 1 saturated heterocycles. The molecule has 116 valence electrons. The highest BCUT2D eigenvalue weighted by Crippen LogP contribution is 2.36. The normalized spacial score (nSPS) is 34.5. The summed E-state index contributed by atoms with van der Waals surface area (Å²) < 4.78 is 0. The first-order valence-corrected chi connectivity index (χ1v) is 8.80. The molecule has 3 atom stereocenters. The Morgan fingerprint density at radius 2 is 1.85 bits per heavy atom. The Bertz CT molecular complexity index is 299. The van der Waals surface area contributed by atoms with E-state index in [1.54, 1.807) is 0 Å². The molecule has 1 heterocycles. The van der Waals surface area contributed by atoms with Gasteiger partial charge in [0.1, 0.15) is 0 Å². The first kappa shape index (κ1) is 14.8. The molecule has 2 N–H and O–H groups in total. The lowest BCUT2D eigenvalue weighted by atomic mass is 9.88. The van der Waals surface area contributed by atoms with Gasteiger partial charge in [-0.3, -0.25) is 0 Å². The van der Waals surface area contributed by atoms with E-state index in [9.17, 15) is 5.11 Å². The van der Waals surface area contributed by atoms with Crippen molar-refractivity contribution in [1.29, 1.82) is 0 Å². The molecule has 0 aromatic carbocycles. The van der Waals surface area contributed by atoms with Crippen molar-refractivity contribution in [3.05, 3.63) is 0 Å². The smallest absolute Gasteiger partial charge is 0.0571 e. The van der Waals surface area contributed by atoms with Gasteiger partial charge in [-0.1, -0.05) is 12.8 Å². The van der Waals surface area contributed by atoms with Crippen molar-refractivity contribution in [2.24, 2.45) is 17.8 Å². The number of nitrogens with one attached hydrogen (secondary N) is 1. The summed E-state index contributed by atoms with van der Waals surface area (Å²) in [5.41, 5.74) is 0. The Kier molecular flexibility index (Phi) is 5.00. The van der Waals surface area contributed by atoms with Crippen LogP contribution in [0.3, 0.4) is 0 Å². The van der Waals surface area contributed by atoms with Crippen molar-refractivity contribution in [3.63, 3.8) is 0 Å². The SMILES string of the molecule is CN1CC(CC(O)C2CC2)CC(NCC2CCCC2)C1. The molecule has 0 radical (unpaired) electrons. The van der Waals surface area contributed by atoms with Crippen molar-refractivity contribution in [2.75, 3.05) is 26.7 Å². The zero-order valence-corrected chi connectivity index (χ0v) is 13.1. The van der Waals surface area contributed by atoms with Crippen LogP contribution in [0.25, 0.3) is 0 Å². The van der Waals surface area contributed by atoms with Crippen LogP contribution in [0.2, 0.25) is 0 Å². The molecule has 3 unspecified atom stereocenters. The molecule has 1 aliphatic heterocycles. The minimum Gasteiger partial charge on any atom is -0.393 e. The Hall–Kier alpha value is -0.120. The van der Waals surface area contributed by atoms with Gasteiger partial charge in [-0.25, -0.2) is 0 Å². The lowest BCUT2D eigenvalue weighted by molar-refractivity contribution is 0.0832. The third-order valence-corrected chi connectivity index (χ3v) is 5.63. The van der Waals surface area contributed by atoms with Gasteiger partial charge in [-0.05, 0) is 69.9 Å². The van der Waals surface area contributed by atoms with Gasteiger partial charge >= 0.3 is 0 Å². The number of piperidine rings is 1. The van der Waals surface area contributed by atoms with E-state index in [0.717, 1.165) is 12.3 Å². The number of hydrogen-bond donors (Lipinski definition) is 2. The molecule has 3 heteroatoms. The van der Waals surface area contributed by atoms with Crippen LogP contribution in [-0.4, -0.2) is 48.8 Å². The van der Waals surface area contributed by atoms with E-state index in [1.165, 1.54) is 64.6 Å². The van der Waals surface area contributed by atoms with E-state index in [-0.39, 0.29) is 6.10 Å². The third kappa shape index (κ3) is 4.19. The summed E-state index contributed by atoms with van der Waals surface area (Å²) in [4.78, 5) is 2.46. The van der Waals surface area contributed by atoms with Gasteiger partial charge in [0, 0.05) is 19.1 Å².